The maximum absolute atomic E-state index is 12.2. The van der Waals surface area contributed by atoms with Gasteiger partial charge in [0.15, 0.2) is 5.82 Å². The molecule has 0 aliphatic carbocycles. The van der Waals surface area contributed by atoms with Crippen LogP contribution in [0.3, 0.4) is 0 Å². The first-order chi connectivity index (χ1) is 9.94. The smallest absolute Gasteiger partial charge is 0.242 e. The number of rotatable bonds is 5. The molecule has 2 rings (SSSR count). The molecule has 0 atom stereocenters. The van der Waals surface area contributed by atoms with Crippen molar-refractivity contribution in [3.63, 3.8) is 0 Å². The molecule has 0 unspecified atom stereocenters. The lowest BCUT2D eigenvalue weighted by molar-refractivity contribution is 0.581. The number of nitrogens with one attached hydrogen (secondary N) is 2. The number of pyridine rings is 1. The topological polar surface area (TPSA) is 97.1 Å². The molecule has 0 bridgehead atoms. The fourth-order valence-electron chi connectivity index (χ4n) is 1.57. The van der Waals surface area contributed by atoms with Gasteiger partial charge in [-0.05, 0) is 17.7 Å². The van der Waals surface area contributed by atoms with Crippen LogP contribution in [-0.2, 0) is 16.6 Å². The van der Waals surface area contributed by atoms with Crippen molar-refractivity contribution in [1.29, 1.82) is 0 Å². The third kappa shape index (κ3) is 3.84. The highest BCUT2D eigenvalue weighted by Gasteiger charge is 2.16. The standard InChI is InChI=1S/C12H12Cl2N4O2S/c13-10-4-2-1-3-8(10)6-17-21(19,20)9-5-11(14)12(18-15)16-7-9/h1-5,7,17H,6,15H2,(H,16,18). The van der Waals surface area contributed by atoms with E-state index < -0.39 is 10.0 Å². The lowest BCUT2D eigenvalue weighted by Crippen LogP contribution is -2.23. The van der Waals surface area contributed by atoms with Crippen molar-refractivity contribution in [1.82, 2.24) is 9.71 Å². The molecule has 0 saturated carbocycles. The molecule has 0 spiro atoms. The molecule has 6 nitrogen and oxygen atoms in total. The van der Waals surface area contributed by atoms with E-state index in [1.165, 1.54) is 6.07 Å². The second-order valence-corrected chi connectivity index (χ2v) is 6.64. The Morgan fingerprint density at radius 2 is 1.90 bits per heavy atom. The molecule has 1 aromatic heterocycles. The van der Waals surface area contributed by atoms with Crippen LogP contribution in [0.2, 0.25) is 10.0 Å². The summed E-state index contributed by atoms with van der Waals surface area (Å²) >= 11 is 11.8. The molecule has 0 amide bonds. The zero-order valence-corrected chi connectivity index (χ0v) is 13.0. The molecule has 1 aromatic carbocycles. The quantitative estimate of drug-likeness (QED) is 0.569. The van der Waals surface area contributed by atoms with Gasteiger partial charge in [0.25, 0.3) is 0 Å². The largest absolute Gasteiger partial charge is 0.307 e. The Morgan fingerprint density at radius 1 is 1.19 bits per heavy atom. The number of nitrogen functional groups attached to an aromatic ring is 1. The highest BCUT2D eigenvalue weighted by atomic mass is 35.5. The molecular weight excluding hydrogens is 335 g/mol. The van der Waals surface area contributed by atoms with Crippen molar-refractivity contribution in [2.45, 2.75) is 11.4 Å². The minimum Gasteiger partial charge on any atom is -0.307 e. The van der Waals surface area contributed by atoms with Crippen molar-refractivity contribution in [3.8, 4) is 0 Å². The number of hydrogen-bond donors (Lipinski definition) is 3. The van der Waals surface area contributed by atoms with E-state index in [-0.39, 0.29) is 22.3 Å². The summed E-state index contributed by atoms with van der Waals surface area (Å²) in [5.74, 6) is 5.38. The first-order valence-electron chi connectivity index (χ1n) is 5.79. The zero-order valence-electron chi connectivity index (χ0n) is 10.7. The van der Waals surface area contributed by atoms with Crippen molar-refractivity contribution in [3.05, 3.63) is 52.1 Å². The van der Waals surface area contributed by atoms with Gasteiger partial charge in [0, 0.05) is 17.8 Å². The zero-order chi connectivity index (χ0) is 15.5. The minimum absolute atomic E-state index is 0.0569. The monoisotopic (exact) mass is 346 g/mol. The van der Waals surface area contributed by atoms with E-state index in [1.54, 1.807) is 24.3 Å². The van der Waals surface area contributed by atoms with E-state index in [1.807, 2.05) is 0 Å². The Bertz CT molecular complexity index is 753. The Balaban J connectivity index is 2.19. The highest BCUT2D eigenvalue weighted by molar-refractivity contribution is 7.89. The Hall–Kier alpha value is -1.38. The van der Waals surface area contributed by atoms with Gasteiger partial charge in [-0.15, -0.1) is 0 Å². The van der Waals surface area contributed by atoms with Crippen LogP contribution in [0.25, 0.3) is 0 Å². The summed E-state index contributed by atoms with van der Waals surface area (Å²) < 4.78 is 26.8. The third-order valence-electron chi connectivity index (χ3n) is 2.67. The normalized spacial score (nSPS) is 11.4. The SMILES string of the molecule is NNc1ncc(S(=O)(=O)NCc2ccccc2Cl)cc1Cl. The average Bonchev–Trinajstić information content (AvgIpc) is 2.46. The van der Waals surface area contributed by atoms with E-state index in [4.69, 9.17) is 29.0 Å². The number of hydrogen-bond acceptors (Lipinski definition) is 5. The van der Waals surface area contributed by atoms with Crippen LogP contribution in [0.5, 0.6) is 0 Å². The number of sulfonamides is 1. The number of nitrogens with zero attached hydrogens (tertiary/aromatic N) is 1. The summed E-state index contributed by atoms with van der Waals surface area (Å²) in [6.07, 6.45) is 1.16. The lowest BCUT2D eigenvalue weighted by Gasteiger charge is -2.09. The number of anilines is 1. The van der Waals surface area contributed by atoms with E-state index in [9.17, 15) is 8.42 Å². The fourth-order valence-corrected chi connectivity index (χ4v) is 3.04. The van der Waals surface area contributed by atoms with Gasteiger partial charge in [0.05, 0.1) is 5.02 Å². The van der Waals surface area contributed by atoms with Crippen molar-refractivity contribution in [2.75, 3.05) is 5.43 Å². The van der Waals surface area contributed by atoms with Gasteiger partial charge >= 0.3 is 0 Å². The molecule has 9 heteroatoms. The summed E-state index contributed by atoms with van der Waals surface area (Å²) in [7, 11) is -3.75. The summed E-state index contributed by atoms with van der Waals surface area (Å²) in [6.45, 7) is 0.0660. The molecule has 4 N–H and O–H groups in total. The van der Waals surface area contributed by atoms with Gasteiger partial charge in [-0.25, -0.2) is 24.0 Å². The number of aromatic nitrogens is 1. The van der Waals surface area contributed by atoms with Gasteiger partial charge < -0.3 is 5.43 Å². The summed E-state index contributed by atoms with van der Waals surface area (Å²) in [6, 6.07) is 8.22. The predicted molar refractivity (Wildman–Crippen MR) is 82.5 cm³/mol. The van der Waals surface area contributed by atoms with E-state index in [0.29, 0.717) is 10.6 Å². The molecule has 0 aliphatic rings. The van der Waals surface area contributed by atoms with Crippen LogP contribution in [0.1, 0.15) is 5.56 Å². The van der Waals surface area contributed by atoms with Crippen LogP contribution in [0.15, 0.2) is 41.4 Å². The lowest BCUT2D eigenvalue weighted by atomic mass is 10.2. The van der Waals surface area contributed by atoms with Crippen molar-refractivity contribution in [2.24, 2.45) is 5.84 Å². The molecule has 0 aliphatic heterocycles. The van der Waals surface area contributed by atoms with E-state index in [0.717, 1.165) is 6.20 Å². The molecule has 1 heterocycles. The van der Waals surface area contributed by atoms with Gasteiger partial charge in [0.2, 0.25) is 10.0 Å². The van der Waals surface area contributed by atoms with Crippen molar-refractivity contribution >= 4 is 39.0 Å². The number of nitrogens with two attached hydrogens (primary N) is 1. The van der Waals surface area contributed by atoms with Gasteiger partial charge in [-0.1, -0.05) is 41.4 Å². The maximum atomic E-state index is 12.2. The number of benzene rings is 1. The molecule has 112 valence electrons. The van der Waals surface area contributed by atoms with E-state index >= 15 is 0 Å². The van der Waals surface area contributed by atoms with E-state index in [2.05, 4.69) is 15.1 Å². The van der Waals surface area contributed by atoms with Crippen LogP contribution < -0.4 is 16.0 Å². The minimum atomic E-state index is -3.75. The summed E-state index contributed by atoms with van der Waals surface area (Å²) in [5, 5.41) is 0.595. The Kier molecular flexibility index (Phi) is 5.02. The molecule has 0 fully saturated rings. The first-order valence-corrected chi connectivity index (χ1v) is 8.03. The molecule has 2 aromatic rings. The Labute approximate surface area is 132 Å². The van der Waals surface area contributed by atoms with Gasteiger partial charge in [-0.2, -0.15) is 0 Å². The van der Waals surface area contributed by atoms with Crippen molar-refractivity contribution < 1.29 is 8.42 Å². The van der Waals surface area contributed by atoms with Gasteiger partial charge in [0.1, 0.15) is 4.90 Å². The average molecular weight is 347 g/mol. The van der Waals surface area contributed by atoms with Crippen LogP contribution in [-0.4, -0.2) is 13.4 Å². The molecule has 21 heavy (non-hydrogen) atoms. The third-order valence-corrected chi connectivity index (χ3v) is 4.70. The second kappa shape index (κ2) is 6.59. The summed E-state index contributed by atoms with van der Waals surface area (Å²) in [4.78, 5) is 3.77. The highest BCUT2D eigenvalue weighted by Crippen LogP contribution is 2.22. The number of halogens is 2. The molecule has 0 radical (unpaired) electrons. The first kappa shape index (κ1) is 16.0. The van der Waals surface area contributed by atoms with Gasteiger partial charge in [-0.3, -0.25) is 0 Å². The van der Waals surface area contributed by atoms with Crippen LogP contribution >= 0.6 is 23.2 Å². The fraction of sp³-hybridized carbons (Fsp3) is 0.0833. The predicted octanol–water partition coefficient (Wildman–Crippen LogP) is 2.15. The second-order valence-electron chi connectivity index (χ2n) is 4.06. The Morgan fingerprint density at radius 3 is 2.52 bits per heavy atom. The van der Waals surface area contributed by atoms with Crippen LogP contribution in [0, 0.1) is 0 Å². The maximum Gasteiger partial charge on any atom is 0.242 e. The van der Waals surface area contributed by atoms with Crippen LogP contribution in [0.4, 0.5) is 5.82 Å². The molecule has 0 saturated heterocycles. The number of hydrazine groups is 1. The summed E-state index contributed by atoms with van der Waals surface area (Å²) in [5.41, 5.74) is 2.93. The molecular formula is C12H12Cl2N4O2S.